The summed E-state index contributed by atoms with van der Waals surface area (Å²) >= 11 is 0. The molecule has 0 bridgehead atoms. The molecule has 0 radical (unpaired) electrons. The Hall–Kier alpha value is -11.1. The molecule has 0 amide bonds. The summed E-state index contributed by atoms with van der Waals surface area (Å²) in [4.78, 5) is 25.6. The molecule has 0 atom stereocenters. The highest BCUT2D eigenvalue weighted by Crippen LogP contribution is 2.65. The van der Waals surface area contributed by atoms with E-state index in [0.29, 0.717) is 17.6 Å². The summed E-state index contributed by atoms with van der Waals surface area (Å²) in [7, 11) is 0. The molecular weight excluding hydrogens is 1010 g/mol. The topological polar surface area (TPSA) is 58.0 Å². The van der Waals surface area contributed by atoms with Crippen molar-refractivity contribution in [2.24, 2.45) is 0 Å². The Morgan fingerprint density at radius 2 is 0.976 bits per heavy atom. The molecule has 0 N–H and O–H groups in total. The van der Waals surface area contributed by atoms with E-state index in [0.717, 1.165) is 89.2 Å². The maximum atomic E-state index is 5.49. The van der Waals surface area contributed by atoms with E-state index < -0.39 is 5.41 Å². The fourth-order valence-corrected chi connectivity index (χ4v) is 13.5. The van der Waals surface area contributed by atoms with Crippen molar-refractivity contribution >= 4 is 61.6 Å². The zero-order valence-electron chi connectivity index (χ0n) is 45.2. The van der Waals surface area contributed by atoms with Gasteiger partial charge in [-0.2, -0.15) is 9.97 Å². The number of anilines is 6. The van der Waals surface area contributed by atoms with Crippen LogP contribution in [0.2, 0.25) is 0 Å². The van der Waals surface area contributed by atoms with Crippen molar-refractivity contribution in [1.29, 1.82) is 0 Å². The first-order valence-corrected chi connectivity index (χ1v) is 28.1. The molecule has 6 heteroatoms. The van der Waals surface area contributed by atoms with Crippen molar-refractivity contribution in [2.45, 2.75) is 5.41 Å². The molecule has 1 aliphatic heterocycles. The molecule has 83 heavy (non-hydrogen) atoms. The average molecular weight is 1060 g/mol. The fraction of sp³-hybridized carbons (Fsp3) is 0.0130. The molecule has 0 saturated carbocycles. The van der Waals surface area contributed by atoms with E-state index in [1.807, 2.05) is 36.4 Å². The van der Waals surface area contributed by atoms with Crippen LogP contribution < -0.4 is 9.80 Å². The Morgan fingerprint density at radius 1 is 0.422 bits per heavy atom. The largest absolute Gasteiger partial charge is 0.310 e. The number of pyridine rings is 1. The van der Waals surface area contributed by atoms with Gasteiger partial charge in [0, 0.05) is 44.4 Å². The van der Waals surface area contributed by atoms with Crippen molar-refractivity contribution in [3.63, 3.8) is 0 Å². The highest BCUT2D eigenvalue weighted by Gasteiger charge is 2.52. The number of allylic oxidation sites excluding steroid dienone is 4. The van der Waals surface area contributed by atoms with E-state index >= 15 is 0 Å². The van der Waals surface area contributed by atoms with Gasteiger partial charge in [0.15, 0.2) is 11.6 Å². The SMILES string of the molecule is C=C/C=C(\C=C)c1nc(-c2ccccc2)nc(N2c3ccc(-c4ccc(N(c5ccc(-c6ccccc6)cc5)c5cccc6c5-c5ccccc5C65c6ccccc6-c6ccccc65)cc4)cc3-c3nc4ccccc4c4cccc2c34)n1. The van der Waals surface area contributed by atoms with Crippen LogP contribution in [0.25, 0.3) is 94.4 Å². The minimum atomic E-state index is -0.483. The van der Waals surface area contributed by atoms with Crippen molar-refractivity contribution in [3.05, 3.63) is 320 Å². The number of hydrogen-bond acceptors (Lipinski definition) is 6. The third kappa shape index (κ3) is 7.29. The lowest BCUT2D eigenvalue weighted by molar-refractivity contribution is 0.794. The number of benzene rings is 11. The molecule has 0 saturated heterocycles. The maximum Gasteiger partial charge on any atom is 0.238 e. The zero-order valence-corrected chi connectivity index (χ0v) is 45.2. The fourth-order valence-electron chi connectivity index (χ4n) is 13.5. The van der Waals surface area contributed by atoms with Gasteiger partial charge >= 0.3 is 0 Å². The maximum absolute atomic E-state index is 5.49. The highest BCUT2D eigenvalue weighted by atomic mass is 15.3. The Balaban J connectivity index is 0.872. The van der Waals surface area contributed by atoms with Gasteiger partial charge in [0.25, 0.3) is 0 Å². The molecule has 0 unspecified atom stereocenters. The van der Waals surface area contributed by atoms with Crippen LogP contribution in [0, 0.1) is 0 Å². The van der Waals surface area contributed by atoms with Crippen molar-refractivity contribution in [1.82, 2.24) is 19.9 Å². The normalized spacial score (nSPS) is 13.1. The third-order valence-corrected chi connectivity index (χ3v) is 17.0. The number of rotatable bonds is 10. The summed E-state index contributed by atoms with van der Waals surface area (Å²) in [6.45, 7) is 8.12. The summed E-state index contributed by atoms with van der Waals surface area (Å²) in [5.74, 6) is 1.53. The van der Waals surface area contributed by atoms with Gasteiger partial charge in [0.05, 0.1) is 33.7 Å². The zero-order chi connectivity index (χ0) is 55.2. The van der Waals surface area contributed by atoms with E-state index in [1.165, 1.54) is 50.1 Å². The molecule has 3 aliphatic rings. The first-order chi connectivity index (χ1) is 41.1. The predicted octanol–water partition coefficient (Wildman–Crippen LogP) is 19.6. The van der Waals surface area contributed by atoms with Gasteiger partial charge in [0.2, 0.25) is 5.95 Å². The van der Waals surface area contributed by atoms with Crippen LogP contribution in [0.5, 0.6) is 0 Å². The minimum absolute atomic E-state index is 0.481. The number of para-hydroxylation sites is 1. The van der Waals surface area contributed by atoms with Crippen LogP contribution in [0.3, 0.4) is 0 Å². The van der Waals surface area contributed by atoms with E-state index in [-0.39, 0.29) is 0 Å². The van der Waals surface area contributed by atoms with Crippen molar-refractivity contribution in [3.8, 4) is 67.2 Å². The Bertz CT molecular complexity index is 4790. The first-order valence-electron chi connectivity index (χ1n) is 28.1. The predicted molar refractivity (Wildman–Crippen MR) is 342 cm³/mol. The molecule has 3 heterocycles. The van der Waals surface area contributed by atoms with Gasteiger partial charge in [-0.1, -0.05) is 238 Å². The van der Waals surface area contributed by atoms with E-state index in [1.54, 1.807) is 12.2 Å². The Labute approximate surface area is 481 Å². The van der Waals surface area contributed by atoms with Crippen molar-refractivity contribution < 1.29 is 0 Å². The standard InChI is InChI=1S/C77H50N6/c1-3-21-49(4-2)74-79-75(53-24-9-6-10-25-53)81-76(80-74)83-68-47-42-54(48-62(68)73-72-60(30-19-36-70(72)83)59-28-14-18-35-67(59)78-73)52-40-45-56(46-41-52)82(55-43-38-51(39-44-55)50-22-7-5-8-23-50)69-37-20-34-66-71(69)61-29-13-17-33-65(61)77(66)63-31-15-11-26-57(63)58-27-12-16-32-64(58)77/h3-48H,1-2H2/b49-21+. The van der Waals surface area contributed by atoms with Gasteiger partial charge in [-0.25, -0.2) is 9.97 Å². The quantitative estimate of drug-likeness (QED) is 0.100. The molecule has 1 spiro atoms. The minimum Gasteiger partial charge on any atom is -0.310 e. The van der Waals surface area contributed by atoms with Gasteiger partial charge in [-0.05, 0) is 121 Å². The van der Waals surface area contributed by atoms with Gasteiger partial charge in [-0.3, -0.25) is 4.90 Å². The summed E-state index contributed by atoms with van der Waals surface area (Å²) in [5, 5.41) is 3.20. The summed E-state index contributed by atoms with van der Waals surface area (Å²) < 4.78 is 0. The first kappa shape index (κ1) is 47.9. The van der Waals surface area contributed by atoms with Crippen LogP contribution in [0.1, 0.15) is 28.1 Å². The number of hydrogen-bond donors (Lipinski definition) is 0. The lowest BCUT2D eigenvalue weighted by Crippen LogP contribution is -2.26. The van der Waals surface area contributed by atoms with E-state index in [4.69, 9.17) is 19.9 Å². The van der Waals surface area contributed by atoms with Gasteiger partial charge in [-0.15, -0.1) is 0 Å². The molecule has 6 nitrogen and oxygen atoms in total. The second-order valence-corrected chi connectivity index (χ2v) is 21.3. The summed E-state index contributed by atoms with van der Waals surface area (Å²) in [6.07, 6.45) is 5.38. The molecular formula is C77H50N6. The second-order valence-electron chi connectivity index (χ2n) is 21.3. The molecule has 13 aromatic rings. The highest BCUT2D eigenvalue weighted by molar-refractivity contribution is 6.20. The van der Waals surface area contributed by atoms with Gasteiger partial charge in [0.1, 0.15) is 0 Å². The van der Waals surface area contributed by atoms with Crippen LogP contribution in [-0.4, -0.2) is 19.9 Å². The van der Waals surface area contributed by atoms with Crippen LogP contribution >= 0.6 is 0 Å². The molecule has 2 aromatic heterocycles. The molecule has 388 valence electrons. The average Bonchev–Trinajstić information content (AvgIpc) is 1.65. The smallest absolute Gasteiger partial charge is 0.238 e. The Morgan fingerprint density at radius 3 is 1.66 bits per heavy atom. The lowest BCUT2D eigenvalue weighted by atomic mass is 9.70. The molecule has 2 aliphatic carbocycles. The lowest BCUT2D eigenvalue weighted by Gasteiger charge is -2.32. The molecule has 11 aromatic carbocycles. The van der Waals surface area contributed by atoms with Crippen LogP contribution in [0.15, 0.2) is 292 Å². The second kappa shape index (κ2) is 19.0. The number of nitrogens with zero attached hydrogens (tertiary/aromatic N) is 6. The summed E-state index contributed by atoms with van der Waals surface area (Å²) in [6, 6.07) is 94.3. The van der Waals surface area contributed by atoms with E-state index in [9.17, 15) is 0 Å². The van der Waals surface area contributed by atoms with E-state index in [2.05, 4.69) is 253 Å². The Kier molecular flexibility index (Phi) is 11.0. The van der Waals surface area contributed by atoms with Gasteiger partial charge < -0.3 is 4.90 Å². The monoisotopic (exact) mass is 1060 g/mol. The van der Waals surface area contributed by atoms with Crippen LogP contribution in [-0.2, 0) is 5.41 Å². The molecule has 0 fully saturated rings. The number of aromatic nitrogens is 4. The summed E-state index contributed by atoms with van der Waals surface area (Å²) in [5.41, 5.74) is 23.7. The van der Waals surface area contributed by atoms with Crippen molar-refractivity contribution in [2.75, 3.05) is 9.80 Å². The van der Waals surface area contributed by atoms with Crippen LogP contribution in [0.4, 0.5) is 34.4 Å². The molecule has 16 rings (SSSR count). The third-order valence-electron chi connectivity index (χ3n) is 17.0. The number of fused-ring (bicyclic) bond motifs is 14.